The molecular formula is C14H17NO. The Morgan fingerprint density at radius 3 is 2.62 bits per heavy atom. The molecule has 1 aromatic carbocycles. The van der Waals surface area contributed by atoms with Crippen molar-refractivity contribution in [2.75, 3.05) is 0 Å². The largest absolute Gasteiger partial charge is 0.387 e. The Hall–Kier alpha value is -1.33. The zero-order valence-electron chi connectivity index (χ0n) is 9.56. The highest BCUT2D eigenvalue weighted by atomic mass is 16.3. The quantitative estimate of drug-likeness (QED) is 0.824. The predicted octanol–water partition coefficient (Wildman–Crippen LogP) is 3.05. The first-order valence-corrected chi connectivity index (χ1v) is 5.82. The Bertz CT molecular complexity index is 395. The molecule has 84 valence electrons. The third-order valence-corrected chi connectivity index (χ3v) is 3.66. The van der Waals surface area contributed by atoms with Crippen LogP contribution in [0.4, 0.5) is 0 Å². The number of aliphatic hydroxyl groups is 1. The molecule has 0 amide bonds. The monoisotopic (exact) mass is 215 g/mol. The fourth-order valence-electron chi connectivity index (χ4n) is 2.70. The van der Waals surface area contributed by atoms with E-state index in [1.807, 2.05) is 30.3 Å². The summed E-state index contributed by atoms with van der Waals surface area (Å²) in [6.45, 7) is 2.15. The SMILES string of the molecule is CC1CCC(C#N)(C(O)c2ccccc2)C1. The smallest absolute Gasteiger partial charge is 0.0976 e. The normalized spacial score (nSPS) is 30.9. The fourth-order valence-corrected chi connectivity index (χ4v) is 2.70. The van der Waals surface area contributed by atoms with Gasteiger partial charge in [-0.15, -0.1) is 0 Å². The van der Waals surface area contributed by atoms with E-state index in [-0.39, 0.29) is 0 Å². The lowest BCUT2D eigenvalue weighted by molar-refractivity contribution is 0.0647. The molecule has 1 aliphatic carbocycles. The van der Waals surface area contributed by atoms with E-state index in [9.17, 15) is 10.4 Å². The van der Waals surface area contributed by atoms with Crippen LogP contribution in [0.5, 0.6) is 0 Å². The Kier molecular flexibility index (Phi) is 2.98. The molecule has 0 spiro atoms. The number of nitrogens with zero attached hydrogens (tertiary/aromatic N) is 1. The van der Waals surface area contributed by atoms with E-state index in [0.29, 0.717) is 5.92 Å². The average Bonchev–Trinajstić information content (AvgIpc) is 2.72. The van der Waals surface area contributed by atoms with Crippen LogP contribution >= 0.6 is 0 Å². The van der Waals surface area contributed by atoms with Crippen molar-refractivity contribution in [3.8, 4) is 6.07 Å². The fraction of sp³-hybridized carbons (Fsp3) is 0.500. The summed E-state index contributed by atoms with van der Waals surface area (Å²) in [5.41, 5.74) is 0.291. The first-order chi connectivity index (χ1) is 7.68. The summed E-state index contributed by atoms with van der Waals surface area (Å²) in [5, 5.41) is 19.7. The van der Waals surface area contributed by atoms with Crippen LogP contribution in [0.15, 0.2) is 30.3 Å². The second-order valence-corrected chi connectivity index (χ2v) is 4.93. The summed E-state index contributed by atoms with van der Waals surface area (Å²) in [7, 11) is 0. The molecule has 3 unspecified atom stereocenters. The predicted molar refractivity (Wildman–Crippen MR) is 62.5 cm³/mol. The van der Waals surface area contributed by atoms with E-state index in [1.165, 1.54) is 0 Å². The van der Waals surface area contributed by atoms with Crippen LogP contribution in [0.2, 0.25) is 0 Å². The molecule has 0 bridgehead atoms. The van der Waals surface area contributed by atoms with Gasteiger partial charge in [-0.2, -0.15) is 5.26 Å². The van der Waals surface area contributed by atoms with Crippen molar-refractivity contribution >= 4 is 0 Å². The number of benzene rings is 1. The summed E-state index contributed by atoms with van der Waals surface area (Å²) in [4.78, 5) is 0. The van der Waals surface area contributed by atoms with Crippen molar-refractivity contribution in [1.82, 2.24) is 0 Å². The molecular weight excluding hydrogens is 198 g/mol. The van der Waals surface area contributed by atoms with Gasteiger partial charge in [-0.1, -0.05) is 37.3 Å². The maximum Gasteiger partial charge on any atom is 0.0976 e. The first-order valence-electron chi connectivity index (χ1n) is 5.82. The molecule has 1 fully saturated rings. The van der Waals surface area contributed by atoms with E-state index in [1.54, 1.807) is 0 Å². The lowest BCUT2D eigenvalue weighted by atomic mass is 9.78. The summed E-state index contributed by atoms with van der Waals surface area (Å²) < 4.78 is 0. The van der Waals surface area contributed by atoms with Gasteiger partial charge in [-0.3, -0.25) is 0 Å². The molecule has 2 rings (SSSR count). The number of hydrogen-bond acceptors (Lipinski definition) is 2. The molecule has 2 nitrogen and oxygen atoms in total. The Morgan fingerprint density at radius 2 is 2.12 bits per heavy atom. The highest BCUT2D eigenvalue weighted by Gasteiger charge is 2.44. The van der Waals surface area contributed by atoms with Crippen LogP contribution in [-0.4, -0.2) is 5.11 Å². The van der Waals surface area contributed by atoms with Gasteiger partial charge in [-0.25, -0.2) is 0 Å². The van der Waals surface area contributed by atoms with Crippen LogP contribution in [0.3, 0.4) is 0 Å². The molecule has 1 aromatic rings. The van der Waals surface area contributed by atoms with Crippen LogP contribution in [0.1, 0.15) is 37.9 Å². The van der Waals surface area contributed by atoms with Gasteiger partial charge in [-0.05, 0) is 30.7 Å². The molecule has 0 aliphatic heterocycles. The third kappa shape index (κ3) is 1.83. The van der Waals surface area contributed by atoms with Crippen LogP contribution in [-0.2, 0) is 0 Å². The summed E-state index contributed by atoms with van der Waals surface area (Å²) >= 11 is 0. The topological polar surface area (TPSA) is 44.0 Å². The number of hydrogen-bond donors (Lipinski definition) is 1. The van der Waals surface area contributed by atoms with Crippen molar-refractivity contribution in [3.63, 3.8) is 0 Å². The molecule has 3 atom stereocenters. The lowest BCUT2D eigenvalue weighted by Crippen LogP contribution is -2.24. The number of aliphatic hydroxyl groups excluding tert-OH is 1. The van der Waals surface area contributed by atoms with E-state index >= 15 is 0 Å². The first kappa shape index (κ1) is 11.2. The zero-order chi connectivity index (χ0) is 11.6. The molecule has 2 heteroatoms. The van der Waals surface area contributed by atoms with Crippen molar-refractivity contribution in [2.45, 2.75) is 32.3 Å². The van der Waals surface area contributed by atoms with Crippen molar-refractivity contribution in [3.05, 3.63) is 35.9 Å². The van der Waals surface area contributed by atoms with Crippen molar-refractivity contribution < 1.29 is 5.11 Å². The minimum Gasteiger partial charge on any atom is -0.387 e. The van der Waals surface area contributed by atoms with Gasteiger partial charge in [0.15, 0.2) is 0 Å². The molecule has 16 heavy (non-hydrogen) atoms. The number of rotatable bonds is 2. The van der Waals surface area contributed by atoms with E-state index in [0.717, 1.165) is 24.8 Å². The van der Waals surface area contributed by atoms with E-state index in [2.05, 4.69) is 13.0 Å². The Balaban J connectivity index is 2.27. The van der Waals surface area contributed by atoms with E-state index in [4.69, 9.17) is 0 Å². The van der Waals surface area contributed by atoms with Gasteiger partial charge in [0, 0.05) is 0 Å². The van der Waals surface area contributed by atoms with Gasteiger partial charge in [0.05, 0.1) is 17.6 Å². The minimum absolute atomic E-state index is 0.540. The summed E-state index contributed by atoms with van der Waals surface area (Å²) in [6.07, 6.45) is 2.00. The van der Waals surface area contributed by atoms with Crippen LogP contribution in [0.25, 0.3) is 0 Å². The van der Waals surface area contributed by atoms with Gasteiger partial charge >= 0.3 is 0 Å². The van der Waals surface area contributed by atoms with Crippen molar-refractivity contribution in [2.24, 2.45) is 11.3 Å². The summed E-state index contributed by atoms with van der Waals surface area (Å²) in [6, 6.07) is 11.9. The molecule has 0 radical (unpaired) electrons. The maximum absolute atomic E-state index is 10.4. The second-order valence-electron chi connectivity index (χ2n) is 4.93. The Labute approximate surface area is 96.5 Å². The third-order valence-electron chi connectivity index (χ3n) is 3.66. The minimum atomic E-state index is -0.649. The van der Waals surface area contributed by atoms with Crippen LogP contribution < -0.4 is 0 Å². The summed E-state index contributed by atoms with van der Waals surface area (Å²) in [5.74, 6) is 0.540. The van der Waals surface area contributed by atoms with Crippen LogP contribution in [0, 0.1) is 22.7 Å². The van der Waals surface area contributed by atoms with Gasteiger partial charge in [0.1, 0.15) is 0 Å². The standard InChI is InChI=1S/C14H17NO/c1-11-7-8-14(9-11,10-15)13(16)12-5-3-2-4-6-12/h2-6,11,13,16H,7-9H2,1H3. The highest BCUT2D eigenvalue weighted by molar-refractivity contribution is 5.23. The average molecular weight is 215 g/mol. The van der Waals surface area contributed by atoms with Gasteiger partial charge in [0.2, 0.25) is 0 Å². The van der Waals surface area contributed by atoms with Gasteiger partial charge < -0.3 is 5.11 Å². The molecule has 0 aromatic heterocycles. The van der Waals surface area contributed by atoms with Gasteiger partial charge in [0.25, 0.3) is 0 Å². The zero-order valence-corrected chi connectivity index (χ0v) is 9.56. The number of nitriles is 1. The maximum atomic E-state index is 10.4. The second kappa shape index (κ2) is 4.27. The van der Waals surface area contributed by atoms with E-state index < -0.39 is 11.5 Å². The van der Waals surface area contributed by atoms with Crippen molar-refractivity contribution in [1.29, 1.82) is 5.26 Å². The molecule has 1 aliphatic rings. The molecule has 1 N–H and O–H groups in total. The molecule has 0 heterocycles. The lowest BCUT2D eigenvalue weighted by Gasteiger charge is -2.27. The highest BCUT2D eigenvalue weighted by Crippen LogP contribution is 2.49. The molecule has 0 saturated heterocycles. The molecule has 1 saturated carbocycles. The Morgan fingerprint density at radius 1 is 1.44 bits per heavy atom.